The first-order chi connectivity index (χ1) is 9.08. The molecule has 98 valence electrons. The highest BCUT2D eigenvalue weighted by Gasteiger charge is 2.10. The molecule has 4 heteroatoms. The molecule has 0 amide bonds. The third-order valence-corrected chi connectivity index (χ3v) is 2.79. The summed E-state index contributed by atoms with van der Waals surface area (Å²) in [6.45, 7) is 1.58. The minimum Gasteiger partial charge on any atom is -0.461 e. The number of hydrogen-bond acceptors (Lipinski definition) is 4. The van der Waals surface area contributed by atoms with Gasteiger partial charge in [0.05, 0.1) is 0 Å². The molecule has 2 aromatic carbocycles. The van der Waals surface area contributed by atoms with Crippen molar-refractivity contribution in [2.75, 3.05) is 11.5 Å². The monoisotopic (exact) mass is 256 g/mol. The van der Waals surface area contributed by atoms with Crippen LogP contribution < -0.4 is 11.5 Å². The van der Waals surface area contributed by atoms with Gasteiger partial charge in [0.25, 0.3) is 0 Å². The van der Waals surface area contributed by atoms with E-state index in [0.717, 1.165) is 16.7 Å². The largest absolute Gasteiger partial charge is 0.461 e. The van der Waals surface area contributed by atoms with Crippen molar-refractivity contribution in [3.63, 3.8) is 0 Å². The zero-order chi connectivity index (χ0) is 13.8. The van der Waals surface area contributed by atoms with Crippen LogP contribution in [-0.2, 0) is 16.1 Å². The predicted octanol–water partition coefficient (Wildman–Crippen LogP) is 2.58. The minimum absolute atomic E-state index is 0.199. The maximum Gasteiger partial charge on any atom is 0.302 e. The fourth-order valence-corrected chi connectivity index (χ4v) is 1.97. The number of carbonyl (C=O) groups is 1. The zero-order valence-electron chi connectivity index (χ0n) is 10.7. The first-order valence-electron chi connectivity index (χ1n) is 5.94. The van der Waals surface area contributed by atoms with E-state index in [1.807, 2.05) is 42.5 Å². The van der Waals surface area contributed by atoms with E-state index in [-0.39, 0.29) is 12.6 Å². The number of esters is 1. The van der Waals surface area contributed by atoms with Crippen LogP contribution in [0, 0.1) is 0 Å². The van der Waals surface area contributed by atoms with Crippen LogP contribution in [0.1, 0.15) is 12.5 Å². The van der Waals surface area contributed by atoms with Crippen molar-refractivity contribution < 1.29 is 9.53 Å². The lowest BCUT2D eigenvalue weighted by atomic mass is 9.98. The number of anilines is 2. The molecule has 0 unspecified atom stereocenters. The first-order valence-corrected chi connectivity index (χ1v) is 5.94. The van der Waals surface area contributed by atoms with Crippen LogP contribution in [0.4, 0.5) is 11.4 Å². The Morgan fingerprint density at radius 1 is 1.16 bits per heavy atom. The third-order valence-electron chi connectivity index (χ3n) is 2.79. The van der Waals surface area contributed by atoms with Crippen molar-refractivity contribution in [3.05, 3.63) is 48.0 Å². The van der Waals surface area contributed by atoms with Crippen LogP contribution in [0.5, 0.6) is 0 Å². The highest BCUT2D eigenvalue weighted by molar-refractivity contribution is 5.81. The maximum atomic E-state index is 10.9. The van der Waals surface area contributed by atoms with E-state index in [9.17, 15) is 4.79 Å². The molecule has 4 N–H and O–H groups in total. The van der Waals surface area contributed by atoms with Crippen LogP contribution in [0.25, 0.3) is 11.1 Å². The summed E-state index contributed by atoms with van der Waals surface area (Å²) in [4.78, 5) is 10.9. The molecule has 0 bridgehead atoms. The summed E-state index contributed by atoms with van der Waals surface area (Å²) in [6.07, 6.45) is 0. The van der Waals surface area contributed by atoms with Gasteiger partial charge in [-0.3, -0.25) is 4.79 Å². The number of benzene rings is 2. The van der Waals surface area contributed by atoms with Crippen molar-refractivity contribution in [3.8, 4) is 11.1 Å². The van der Waals surface area contributed by atoms with Gasteiger partial charge in [0, 0.05) is 23.9 Å². The average Bonchev–Trinajstić information content (AvgIpc) is 2.36. The summed E-state index contributed by atoms with van der Waals surface area (Å²) >= 11 is 0. The molecule has 19 heavy (non-hydrogen) atoms. The Morgan fingerprint density at radius 3 is 2.58 bits per heavy atom. The molecule has 0 saturated carbocycles. The van der Waals surface area contributed by atoms with Gasteiger partial charge in [-0.05, 0) is 29.3 Å². The standard InChI is InChI=1S/C15H16N2O2/c1-10(18)19-9-12-5-3-7-14(17)15(12)11-4-2-6-13(16)8-11/h2-8H,9,16-17H2,1H3. The quantitative estimate of drug-likeness (QED) is 0.653. The second kappa shape index (κ2) is 5.44. The normalized spacial score (nSPS) is 10.2. The lowest BCUT2D eigenvalue weighted by molar-refractivity contribution is -0.142. The van der Waals surface area contributed by atoms with E-state index in [1.165, 1.54) is 6.92 Å². The highest BCUT2D eigenvalue weighted by Crippen LogP contribution is 2.31. The van der Waals surface area contributed by atoms with Crippen LogP contribution in [0.3, 0.4) is 0 Å². The van der Waals surface area contributed by atoms with E-state index in [0.29, 0.717) is 11.4 Å². The molecule has 0 aliphatic heterocycles. The van der Waals surface area contributed by atoms with Gasteiger partial charge in [0.2, 0.25) is 0 Å². The molecule has 0 atom stereocenters. The SMILES string of the molecule is CC(=O)OCc1cccc(N)c1-c1cccc(N)c1. The molecule has 0 fully saturated rings. The molecule has 0 aliphatic carbocycles. The molecule has 2 rings (SSSR count). The topological polar surface area (TPSA) is 78.3 Å². The summed E-state index contributed by atoms with van der Waals surface area (Å²) in [5.41, 5.74) is 15.8. The summed E-state index contributed by atoms with van der Waals surface area (Å²) in [5.74, 6) is -0.319. The van der Waals surface area contributed by atoms with Crippen molar-refractivity contribution >= 4 is 17.3 Å². The molecule has 0 spiro atoms. The molecular weight excluding hydrogens is 240 g/mol. The van der Waals surface area contributed by atoms with Gasteiger partial charge < -0.3 is 16.2 Å². The summed E-state index contributed by atoms with van der Waals surface area (Å²) < 4.78 is 5.05. The summed E-state index contributed by atoms with van der Waals surface area (Å²) in [7, 11) is 0. The number of carbonyl (C=O) groups excluding carboxylic acids is 1. The summed E-state index contributed by atoms with van der Waals surface area (Å²) in [6, 6.07) is 13.0. The maximum absolute atomic E-state index is 10.9. The van der Waals surface area contributed by atoms with Gasteiger partial charge in [-0.2, -0.15) is 0 Å². The van der Waals surface area contributed by atoms with Crippen LogP contribution in [0.15, 0.2) is 42.5 Å². The van der Waals surface area contributed by atoms with Crippen LogP contribution in [-0.4, -0.2) is 5.97 Å². The Hall–Kier alpha value is -2.49. The third kappa shape index (κ3) is 3.04. The fourth-order valence-electron chi connectivity index (χ4n) is 1.97. The zero-order valence-corrected chi connectivity index (χ0v) is 10.7. The molecule has 0 aromatic heterocycles. The average molecular weight is 256 g/mol. The van der Waals surface area contributed by atoms with E-state index in [1.54, 1.807) is 0 Å². The molecule has 4 nitrogen and oxygen atoms in total. The molecular formula is C15H16N2O2. The Bertz CT molecular complexity index is 609. The van der Waals surface area contributed by atoms with Crippen LogP contribution in [0.2, 0.25) is 0 Å². The Morgan fingerprint density at radius 2 is 1.89 bits per heavy atom. The van der Waals surface area contributed by atoms with E-state index in [4.69, 9.17) is 16.2 Å². The van der Waals surface area contributed by atoms with E-state index in [2.05, 4.69) is 0 Å². The predicted molar refractivity (Wildman–Crippen MR) is 76.2 cm³/mol. The first kappa shape index (κ1) is 13.0. The summed E-state index contributed by atoms with van der Waals surface area (Å²) in [5, 5.41) is 0. The minimum atomic E-state index is -0.319. The second-order valence-corrected chi connectivity index (χ2v) is 4.29. The fraction of sp³-hybridized carbons (Fsp3) is 0.133. The Labute approximate surface area is 112 Å². The lowest BCUT2D eigenvalue weighted by Crippen LogP contribution is -2.02. The number of nitrogen functional groups attached to an aromatic ring is 2. The number of nitrogens with two attached hydrogens (primary N) is 2. The van der Waals surface area contributed by atoms with E-state index >= 15 is 0 Å². The molecule has 0 radical (unpaired) electrons. The van der Waals surface area contributed by atoms with Crippen molar-refractivity contribution in [1.82, 2.24) is 0 Å². The van der Waals surface area contributed by atoms with Crippen LogP contribution >= 0.6 is 0 Å². The van der Waals surface area contributed by atoms with Gasteiger partial charge in [0.15, 0.2) is 0 Å². The van der Waals surface area contributed by atoms with Gasteiger partial charge in [-0.1, -0.05) is 24.3 Å². The Kier molecular flexibility index (Phi) is 3.71. The van der Waals surface area contributed by atoms with Gasteiger partial charge in [0.1, 0.15) is 6.61 Å². The smallest absolute Gasteiger partial charge is 0.302 e. The molecule has 2 aromatic rings. The van der Waals surface area contributed by atoms with Gasteiger partial charge in [-0.25, -0.2) is 0 Å². The highest BCUT2D eigenvalue weighted by atomic mass is 16.5. The lowest BCUT2D eigenvalue weighted by Gasteiger charge is -2.13. The van der Waals surface area contributed by atoms with Crippen molar-refractivity contribution in [2.45, 2.75) is 13.5 Å². The van der Waals surface area contributed by atoms with E-state index < -0.39 is 0 Å². The molecule has 0 heterocycles. The van der Waals surface area contributed by atoms with Crippen molar-refractivity contribution in [1.29, 1.82) is 0 Å². The molecule has 0 aliphatic rings. The number of ether oxygens (including phenoxy) is 1. The van der Waals surface area contributed by atoms with Crippen molar-refractivity contribution in [2.24, 2.45) is 0 Å². The molecule has 0 saturated heterocycles. The second-order valence-electron chi connectivity index (χ2n) is 4.29. The number of rotatable bonds is 3. The van der Waals surface area contributed by atoms with Gasteiger partial charge in [-0.15, -0.1) is 0 Å². The Balaban J connectivity index is 2.46. The number of hydrogen-bond donors (Lipinski definition) is 2. The van der Waals surface area contributed by atoms with Gasteiger partial charge >= 0.3 is 5.97 Å².